The highest BCUT2D eigenvalue weighted by atomic mass is 32.2. The standard InChI is InChI=1S/C14H15NO5S2/c1-9-2-3-12(19-9)14-15-10(7-21-14)6-13(16)20-11-4-5-22(17,18)8-11/h2-3,7,11H,4-6,8H2,1H3. The molecule has 0 radical (unpaired) electrons. The molecule has 22 heavy (non-hydrogen) atoms. The van der Waals surface area contributed by atoms with Gasteiger partial charge in [-0.25, -0.2) is 13.4 Å². The average molecular weight is 341 g/mol. The smallest absolute Gasteiger partial charge is 0.312 e. The number of carbonyl (C=O) groups is 1. The SMILES string of the molecule is Cc1ccc(-c2nc(CC(=O)OC3CCS(=O)(=O)C3)cs2)o1. The number of aryl methyl sites for hydroxylation is 1. The summed E-state index contributed by atoms with van der Waals surface area (Å²) in [6, 6.07) is 3.69. The maximum atomic E-state index is 11.9. The first kappa shape index (κ1) is 15.2. The van der Waals surface area contributed by atoms with Gasteiger partial charge in [0, 0.05) is 5.38 Å². The summed E-state index contributed by atoms with van der Waals surface area (Å²) in [5.41, 5.74) is 0.597. The van der Waals surface area contributed by atoms with E-state index >= 15 is 0 Å². The van der Waals surface area contributed by atoms with E-state index in [1.54, 1.807) is 5.38 Å². The quantitative estimate of drug-likeness (QED) is 0.791. The summed E-state index contributed by atoms with van der Waals surface area (Å²) in [5, 5.41) is 2.49. The zero-order chi connectivity index (χ0) is 15.7. The van der Waals surface area contributed by atoms with Crippen molar-refractivity contribution in [2.24, 2.45) is 0 Å². The number of aromatic nitrogens is 1. The molecule has 1 saturated heterocycles. The fourth-order valence-electron chi connectivity index (χ4n) is 2.28. The molecule has 1 aliphatic rings. The molecule has 0 saturated carbocycles. The van der Waals surface area contributed by atoms with Crippen molar-refractivity contribution < 1.29 is 22.4 Å². The number of nitrogens with zero attached hydrogens (tertiary/aromatic N) is 1. The van der Waals surface area contributed by atoms with Crippen LogP contribution in [-0.2, 0) is 25.8 Å². The highest BCUT2D eigenvalue weighted by Gasteiger charge is 2.30. The molecule has 1 aliphatic heterocycles. The number of hydrogen-bond donors (Lipinski definition) is 0. The number of ether oxygens (including phenoxy) is 1. The van der Waals surface area contributed by atoms with E-state index in [4.69, 9.17) is 9.15 Å². The van der Waals surface area contributed by atoms with Gasteiger partial charge < -0.3 is 9.15 Å². The molecule has 0 bridgehead atoms. The van der Waals surface area contributed by atoms with Crippen LogP contribution in [0.1, 0.15) is 17.9 Å². The van der Waals surface area contributed by atoms with Crippen LogP contribution in [0.3, 0.4) is 0 Å². The highest BCUT2D eigenvalue weighted by Crippen LogP contribution is 2.26. The Morgan fingerprint density at radius 1 is 1.50 bits per heavy atom. The van der Waals surface area contributed by atoms with E-state index in [9.17, 15) is 13.2 Å². The van der Waals surface area contributed by atoms with Crippen molar-refractivity contribution in [1.82, 2.24) is 4.98 Å². The molecule has 3 rings (SSSR count). The Labute approximate surface area is 132 Å². The third-order valence-electron chi connectivity index (χ3n) is 3.32. The molecule has 2 aromatic rings. The van der Waals surface area contributed by atoms with Crippen molar-refractivity contribution in [1.29, 1.82) is 0 Å². The minimum absolute atomic E-state index is 0.0345. The Kier molecular flexibility index (Phi) is 4.05. The van der Waals surface area contributed by atoms with Crippen LogP contribution in [0.15, 0.2) is 21.9 Å². The number of thiazole rings is 1. The normalized spacial score (nSPS) is 20.1. The van der Waals surface area contributed by atoms with Gasteiger partial charge in [0.05, 0.1) is 23.6 Å². The van der Waals surface area contributed by atoms with E-state index in [0.29, 0.717) is 22.9 Å². The number of furan rings is 1. The summed E-state index contributed by atoms with van der Waals surface area (Å²) in [5.74, 6) is 1.03. The van der Waals surface area contributed by atoms with Crippen LogP contribution in [0.4, 0.5) is 0 Å². The maximum absolute atomic E-state index is 11.9. The van der Waals surface area contributed by atoms with Crippen molar-refractivity contribution in [2.75, 3.05) is 11.5 Å². The van der Waals surface area contributed by atoms with Gasteiger partial charge in [-0.3, -0.25) is 4.79 Å². The second-order valence-electron chi connectivity index (χ2n) is 5.25. The molecule has 1 atom stereocenters. The number of rotatable bonds is 4. The molecule has 2 aromatic heterocycles. The fraction of sp³-hybridized carbons (Fsp3) is 0.429. The zero-order valence-corrected chi connectivity index (χ0v) is 13.6. The van der Waals surface area contributed by atoms with Gasteiger partial charge in [-0.05, 0) is 25.5 Å². The van der Waals surface area contributed by atoms with E-state index in [1.807, 2.05) is 19.1 Å². The number of sulfone groups is 1. The lowest BCUT2D eigenvalue weighted by atomic mass is 10.3. The second-order valence-corrected chi connectivity index (χ2v) is 8.33. The number of hydrogen-bond acceptors (Lipinski definition) is 7. The van der Waals surface area contributed by atoms with Gasteiger partial charge >= 0.3 is 5.97 Å². The van der Waals surface area contributed by atoms with Crippen molar-refractivity contribution in [2.45, 2.75) is 25.9 Å². The molecule has 0 N–H and O–H groups in total. The minimum Gasteiger partial charge on any atom is -0.461 e. The first-order valence-electron chi connectivity index (χ1n) is 6.82. The molecule has 3 heterocycles. The van der Waals surface area contributed by atoms with Crippen LogP contribution in [-0.4, -0.2) is 37.0 Å². The topological polar surface area (TPSA) is 86.5 Å². The monoisotopic (exact) mass is 341 g/mol. The molecule has 0 aliphatic carbocycles. The van der Waals surface area contributed by atoms with Gasteiger partial charge in [0.25, 0.3) is 0 Å². The van der Waals surface area contributed by atoms with Gasteiger partial charge in [-0.15, -0.1) is 11.3 Å². The first-order chi connectivity index (χ1) is 10.4. The third-order valence-corrected chi connectivity index (χ3v) is 5.96. The molecule has 118 valence electrons. The van der Waals surface area contributed by atoms with E-state index in [1.165, 1.54) is 11.3 Å². The molecule has 0 aromatic carbocycles. The van der Waals surface area contributed by atoms with Crippen LogP contribution < -0.4 is 0 Å². The summed E-state index contributed by atoms with van der Waals surface area (Å²) in [6.07, 6.45) is -0.113. The van der Waals surface area contributed by atoms with Crippen molar-refractivity contribution in [3.63, 3.8) is 0 Å². The molecule has 6 nitrogen and oxygen atoms in total. The van der Waals surface area contributed by atoms with Gasteiger partial charge in [0.2, 0.25) is 0 Å². The molecule has 0 amide bonds. The minimum atomic E-state index is -3.05. The molecule has 0 spiro atoms. The summed E-state index contributed by atoms with van der Waals surface area (Å²) >= 11 is 1.39. The van der Waals surface area contributed by atoms with Gasteiger partial charge in [-0.2, -0.15) is 0 Å². The zero-order valence-electron chi connectivity index (χ0n) is 11.9. The highest BCUT2D eigenvalue weighted by molar-refractivity contribution is 7.91. The largest absolute Gasteiger partial charge is 0.461 e. The van der Waals surface area contributed by atoms with E-state index < -0.39 is 21.9 Å². The van der Waals surface area contributed by atoms with Gasteiger partial charge in [-0.1, -0.05) is 0 Å². The van der Waals surface area contributed by atoms with Gasteiger partial charge in [0.1, 0.15) is 11.9 Å². The van der Waals surface area contributed by atoms with Crippen LogP contribution in [0.25, 0.3) is 10.8 Å². The Balaban J connectivity index is 1.59. The van der Waals surface area contributed by atoms with Crippen molar-refractivity contribution in [3.05, 3.63) is 29.0 Å². The molecular formula is C14H15NO5S2. The molecule has 8 heteroatoms. The molecule has 1 fully saturated rings. The lowest BCUT2D eigenvalue weighted by molar-refractivity contribution is -0.147. The lowest BCUT2D eigenvalue weighted by Crippen LogP contribution is -2.20. The van der Waals surface area contributed by atoms with E-state index in [-0.39, 0.29) is 17.9 Å². The van der Waals surface area contributed by atoms with Crippen molar-refractivity contribution >= 4 is 27.1 Å². The van der Waals surface area contributed by atoms with Crippen LogP contribution >= 0.6 is 11.3 Å². The number of esters is 1. The van der Waals surface area contributed by atoms with E-state index in [2.05, 4.69) is 4.98 Å². The summed E-state index contributed by atoms with van der Waals surface area (Å²) < 4.78 is 33.3. The van der Waals surface area contributed by atoms with E-state index in [0.717, 1.165) is 5.76 Å². The summed E-state index contributed by atoms with van der Waals surface area (Å²) in [7, 11) is -3.05. The van der Waals surface area contributed by atoms with Gasteiger partial charge in [0.15, 0.2) is 20.6 Å². The predicted octanol–water partition coefficient (Wildman–Crippen LogP) is 1.98. The molecular weight excluding hydrogens is 326 g/mol. The second kappa shape index (κ2) is 5.85. The number of carbonyl (C=O) groups excluding carboxylic acids is 1. The first-order valence-corrected chi connectivity index (χ1v) is 9.52. The summed E-state index contributed by atoms with van der Waals surface area (Å²) in [4.78, 5) is 16.2. The Morgan fingerprint density at radius 2 is 2.32 bits per heavy atom. The molecule has 1 unspecified atom stereocenters. The maximum Gasteiger partial charge on any atom is 0.312 e. The predicted molar refractivity (Wildman–Crippen MR) is 81.4 cm³/mol. The third kappa shape index (κ3) is 3.56. The average Bonchev–Trinajstić information content (AvgIpc) is 3.11. The van der Waals surface area contributed by atoms with Crippen LogP contribution in [0, 0.1) is 6.92 Å². The van der Waals surface area contributed by atoms with Crippen molar-refractivity contribution in [3.8, 4) is 10.8 Å². The van der Waals surface area contributed by atoms with Crippen LogP contribution in [0.5, 0.6) is 0 Å². The lowest BCUT2D eigenvalue weighted by Gasteiger charge is -2.09. The Hall–Kier alpha value is -1.67. The van der Waals surface area contributed by atoms with Crippen LogP contribution in [0.2, 0.25) is 0 Å². The fourth-order valence-corrected chi connectivity index (χ4v) is 4.65. The summed E-state index contributed by atoms with van der Waals surface area (Å²) in [6.45, 7) is 1.85. The Bertz CT molecular complexity index is 790. The Morgan fingerprint density at radius 3 is 2.95 bits per heavy atom.